The van der Waals surface area contributed by atoms with Crippen molar-refractivity contribution in [2.75, 3.05) is 5.32 Å². The maximum absolute atomic E-state index is 13.4. The highest BCUT2D eigenvalue weighted by molar-refractivity contribution is 9.11. The van der Waals surface area contributed by atoms with Gasteiger partial charge in [0.2, 0.25) is 0 Å². The SMILES string of the molecule is Cc1cccc(NC(=O)/C(C#N)=C/c2cc(Br)c(OCc3cccc(F)c3)c(Br)c2)c1C. The number of nitrogens with one attached hydrogen (secondary N) is 1. The van der Waals surface area contributed by atoms with Gasteiger partial charge in [-0.2, -0.15) is 5.26 Å². The number of hydrogen-bond acceptors (Lipinski definition) is 3. The quantitative estimate of drug-likeness (QED) is 0.260. The lowest BCUT2D eigenvalue weighted by atomic mass is 10.1. The number of nitrogens with zero attached hydrogens (tertiary/aromatic N) is 1. The fourth-order valence-electron chi connectivity index (χ4n) is 2.97. The van der Waals surface area contributed by atoms with Gasteiger partial charge in [-0.1, -0.05) is 24.3 Å². The Morgan fingerprint density at radius 2 is 1.81 bits per heavy atom. The molecule has 3 rings (SSSR count). The van der Waals surface area contributed by atoms with Gasteiger partial charge in [-0.15, -0.1) is 0 Å². The molecule has 0 atom stereocenters. The molecule has 0 spiro atoms. The summed E-state index contributed by atoms with van der Waals surface area (Å²) in [4.78, 5) is 12.7. The number of aryl methyl sites for hydroxylation is 1. The van der Waals surface area contributed by atoms with Crippen molar-refractivity contribution >= 4 is 49.5 Å². The molecule has 0 aliphatic carbocycles. The minimum Gasteiger partial charge on any atom is -0.487 e. The molecule has 0 heterocycles. The van der Waals surface area contributed by atoms with Crippen LogP contribution in [0.15, 0.2) is 69.1 Å². The van der Waals surface area contributed by atoms with E-state index in [0.29, 0.717) is 31.5 Å². The van der Waals surface area contributed by atoms with Crippen LogP contribution in [0, 0.1) is 31.0 Å². The zero-order valence-corrected chi connectivity index (χ0v) is 20.6. The van der Waals surface area contributed by atoms with Crippen LogP contribution in [0.4, 0.5) is 10.1 Å². The zero-order valence-electron chi connectivity index (χ0n) is 17.4. The maximum Gasteiger partial charge on any atom is 0.266 e. The van der Waals surface area contributed by atoms with Gasteiger partial charge in [0, 0.05) is 5.69 Å². The lowest BCUT2D eigenvalue weighted by Gasteiger charge is -2.12. The number of halogens is 3. The highest BCUT2D eigenvalue weighted by atomic mass is 79.9. The molecule has 3 aromatic carbocycles. The Kier molecular flexibility index (Phi) is 7.84. The molecule has 0 aromatic heterocycles. The normalized spacial score (nSPS) is 11.1. The standard InChI is InChI=1S/C25H19Br2FN2O2/c1-15-5-3-8-23(16(15)2)30-25(31)19(13-29)9-18-11-21(26)24(22(27)12-18)32-14-17-6-4-7-20(28)10-17/h3-12H,14H2,1-2H3,(H,30,31)/b19-9+. The van der Waals surface area contributed by atoms with Crippen LogP contribution >= 0.6 is 31.9 Å². The summed E-state index contributed by atoms with van der Waals surface area (Å²) in [6.07, 6.45) is 1.51. The number of amides is 1. The van der Waals surface area contributed by atoms with Gasteiger partial charge < -0.3 is 10.1 Å². The average molecular weight is 558 g/mol. The predicted octanol–water partition coefficient (Wildman–Crippen LogP) is 7.09. The fraction of sp³-hybridized carbons (Fsp3) is 0.120. The Morgan fingerprint density at radius 3 is 2.47 bits per heavy atom. The molecular formula is C25H19Br2FN2O2. The molecule has 162 valence electrons. The molecule has 32 heavy (non-hydrogen) atoms. The molecule has 0 fully saturated rings. The minimum absolute atomic E-state index is 0.0295. The van der Waals surface area contributed by atoms with E-state index in [-0.39, 0.29) is 18.0 Å². The van der Waals surface area contributed by atoms with E-state index in [1.165, 1.54) is 18.2 Å². The van der Waals surface area contributed by atoms with Crippen molar-refractivity contribution in [1.82, 2.24) is 0 Å². The lowest BCUT2D eigenvalue weighted by Crippen LogP contribution is -2.14. The summed E-state index contributed by atoms with van der Waals surface area (Å²) < 4.78 is 20.4. The summed E-state index contributed by atoms with van der Waals surface area (Å²) in [5.74, 6) is -0.280. The molecule has 0 radical (unpaired) electrons. The van der Waals surface area contributed by atoms with Crippen LogP contribution in [0.3, 0.4) is 0 Å². The van der Waals surface area contributed by atoms with Crippen LogP contribution in [-0.4, -0.2) is 5.91 Å². The van der Waals surface area contributed by atoms with Gasteiger partial charge in [-0.05, 0) is 104 Å². The van der Waals surface area contributed by atoms with E-state index in [0.717, 1.165) is 11.1 Å². The number of anilines is 1. The second kappa shape index (κ2) is 10.6. The molecule has 0 unspecified atom stereocenters. The van der Waals surface area contributed by atoms with E-state index in [4.69, 9.17) is 4.74 Å². The molecule has 7 heteroatoms. The van der Waals surface area contributed by atoms with E-state index in [1.54, 1.807) is 30.3 Å². The molecule has 3 aromatic rings. The first-order valence-electron chi connectivity index (χ1n) is 9.64. The second-order valence-electron chi connectivity index (χ2n) is 7.10. The first-order chi connectivity index (χ1) is 15.3. The molecule has 0 aliphatic heterocycles. The first-order valence-corrected chi connectivity index (χ1v) is 11.2. The number of carbonyl (C=O) groups is 1. The molecule has 4 nitrogen and oxygen atoms in total. The molecule has 0 saturated carbocycles. The summed E-state index contributed by atoms with van der Waals surface area (Å²) >= 11 is 6.93. The third-order valence-corrected chi connectivity index (χ3v) is 6.00. The summed E-state index contributed by atoms with van der Waals surface area (Å²) in [6, 6.07) is 17.2. The van der Waals surface area contributed by atoms with Crippen molar-refractivity contribution in [1.29, 1.82) is 5.26 Å². The third kappa shape index (κ3) is 5.84. The van der Waals surface area contributed by atoms with Crippen LogP contribution in [0.25, 0.3) is 6.08 Å². The predicted molar refractivity (Wildman–Crippen MR) is 131 cm³/mol. The van der Waals surface area contributed by atoms with Crippen molar-refractivity contribution in [3.63, 3.8) is 0 Å². The Bertz CT molecular complexity index is 1230. The maximum atomic E-state index is 13.4. The number of nitriles is 1. The molecule has 0 saturated heterocycles. The topological polar surface area (TPSA) is 62.1 Å². The van der Waals surface area contributed by atoms with Gasteiger partial charge >= 0.3 is 0 Å². The van der Waals surface area contributed by atoms with Crippen molar-refractivity contribution in [3.8, 4) is 11.8 Å². The van der Waals surface area contributed by atoms with Gasteiger partial charge in [-0.25, -0.2) is 4.39 Å². The fourth-order valence-corrected chi connectivity index (χ4v) is 4.43. The van der Waals surface area contributed by atoms with E-state index < -0.39 is 5.91 Å². The van der Waals surface area contributed by atoms with Gasteiger partial charge in [0.25, 0.3) is 5.91 Å². The summed E-state index contributed by atoms with van der Waals surface area (Å²) in [5, 5.41) is 12.3. The van der Waals surface area contributed by atoms with Crippen molar-refractivity contribution < 1.29 is 13.9 Å². The second-order valence-corrected chi connectivity index (χ2v) is 8.81. The van der Waals surface area contributed by atoms with Crippen LogP contribution in [-0.2, 0) is 11.4 Å². The molecule has 0 bridgehead atoms. The van der Waals surface area contributed by atoms with E-state index in [1.807, 2.05) is 32.0 Å². The van der Waals surface area contributed by atoms with Gasteiger partial charge in [-0.3, -0.25) is 4.79 Å². The summed E-state index contributed by atoms with van der Waals surface area (Å²) in [7, 11) is 0. The van der Waals surface area contributed by atoms with E-state index in [9.17, 15) is 14.4 Å². The smallest absolute Gasteiger partial charge is 0.266 e. The monoisotopic (exact) mass is 556 g/mol. The number of benzene rings is 3. The molecular weight excluding hydrogens is 539 g/mol. The lowest BCUT2D eigenvalue weighted by molar-refractivity contribution is -0.112. The minimum atomic E-state index is -0.486. The van der Waals surface area contributed by atoms with Gasteiger partial charge in [0.15, 0.2) is 0 Å². The molecule has 0 aliphatic rings. The number of hydrogen-bond donors (Lipinski definition) is 1. The first kappa shape index (κ1) is 23.7. The largest absolute Gasteiger partial charge is 0.487 e. The Hall–Kier alpha value is -2.95. The van der Waals surface area contributed by atoms with Crippen molar-refractivity contribution in [2.24, 2.45) is 0 Å². The zero-order chi connectivity index (χ0) is 23.3. The number of carbonyl (C=O) groups excluding carboxylic acids is 1. The van der Waals surface area contributed by atoms with Crippen molar-refractivity contribution in [2.45, 2.75) is 20.5 Å². The van der Waals surface area contributed by atoms with Crippen molar-refractivity contribution in [3.05, 3.63) is 97.2 Å². The highest BCUT2D eigenvalue weighted by Gasteiger charge is 2.14. The van der Waals surface area contributed by atoms with Crippen LogP contribution in [0.2, 0.25) is 0 Å². The Morgan fingerprint density at radius 1 is 1.12 bits per heavy atom. The number of rotatable bonds is 6. The Labute approximate surface area is 203 Å². The van der Waals surface area contributed by atoms with Gasteiger partial charge in [0.05, 0.1) is 8.95 Å². The van der Waals surface area contributed by atoms with E-state index in [2.05, 4.69) is 37.2 Å². The highest BCUT2D eigenvalue weighted by Crippen LogP contribution is 2.36. The van der Waals surface area contributed by atoms with Crippen LogP contribution in [0.1, 0.15) is 22.3 Å². The summed E-state index contributed by atoms with van der Waals surface area (Å²) in [6.45, 7) is 4.06. The number of ether oxygens (including phenoxy) is 1. The average Bonchev–Trinajstić information content (AvgIpc) is 2.74. The van der Waals surface area contributed by atoms with Gasteiger partial charge in [0.1, 0.15) is 29.8 Å². The third-order valence-electron chi connectivity index (χ3n) is 4.82. The molecule has 1 amide bonds. The van der Waals surface area contributed by atoms with E-state index >= 15 is 0 Å². The van der Waals surface area contributed by atoms with Crippen LogP contribution in [0.5, 0.6) is 5.75 Å². The Balaban J connectivity index is 1.79. The summed E-state index contributed by atoms with van der Waals surface area (Å²) in [5.41, 5.74) is 3.96. The van der Waals surface area contributed by atoms with Crippen LogP contribution < -0.4 is 10.1 Å². The molecule has 1 N–H and O–H groups in total.